The quantitative estimate of drug-likeness (QED) is 0.131. The molecular weight excluding hydrogens is 560 g/mol. The summed E-state index contributed by atoms with van der Waals surface area (Å²) in [5.41, 5.74) is 0.689. The maximum Gasteiger partial charge on any atom is 0.325 e. The summed E-state index contributed by atoms with van der Waals surface area (Å²) in [6, 6.07) is 14.5. The highest BCUT2D eigenvalue weighted by Gasteiger charge is 2.25. The maximum atomic E-state index is 12.7. The summed E-state index contributed by atoms with van der Waals surface area (Å²) < 4.78 is 9.06. The van der Waals surface area contributed by atoms with Gasteiger partial charge in [-0.05, 0) is 24.3 Å². The van der Waals surface area contributed by atoms with Crippen molar-refractivity contribution in [1.82, 2.24) is 21.3 Å². The average Bonchev–Trinajstić information content (AvgIpc) is 2.99. The van der Waals surface area contributed by atoms with Gasteiger partial charge in [-0.3, -0.25) is 28.8 Å². The van der Waals surface area contributed by atoms with Gasteiger partial charge in [0.15, 0.2) is 0 Å². The van der Waals surface area contributed by atoms with E-state index in [9.17, 15) is 28.8 Å². The fraction of sp³-hybridized carbons (Fsp3) is 0.308. The molecule has 0 saturated carbocycles. The van der Waals surface area contributed by atoms with E-state index in [1.165, 1.54) is 35.8 Å². The van der Waals surface area contributed by atoms with Gasteiger partial charge in [0, 0.05) is 22.6 Å². The van der Waals surface area contributed by atoms with Crippen molar-refractivity contribution in [2.75, 3.05) is 38.8 Å². The third-order valence-electron chi connectivity index (χ3n) is 5.14. The lowest BCUT2D eigenvalue weighted by Gasteiger charge is -2.20. The molecule has 0 aliphatic rings. The Bertz CT molecular complexity index is 1080. The van der Waals surface area contributed by atoms with Gasteiger partial charge in [0.05, 0.1) is 14.2 Å². The second kappa shape index (κ2) is 17.5. The van der Waals surface area contributed by atoms with Crippen molar-refractivity contribution < 1.29 is 38.2 Å². The van der Waals surface area contributed by atoms with E-state index in [1.54, 1.807) is 60.7 Å². The summed E-state index contributed by atoms with van der Waals surface area (Å²) in [5.74, 6) is -3.35. The normalized spacial score (nSPS) is 11.8. The maximum absolute atomic E-state index is 12.7. The lowest BCUT2D eigenvalue weighted by atomic mass is 10.2. The highest BCUT2D eigenvalue weighted by atomic mass is 33.1. The van der Waals surface area contributed by atoms with Crippen LogP contribution in [0.3, 0.4) is 0 Å². The minimum Gasteiger partial charge on any atom is -0.468 e. The van der Waals surface area contributed by atoms with E-state index in [-0.39, 0.29) is 24.6 Å². The molecule has 0 aliphatic carbocycles. The van der Waals surface area contributed by atoms with E-state index in [1.807, 2.05) is 0 Å². The molecule has 0 fully saturated rings. The zero-order chi connectivity index (χ0) is 29.3. The van der Waals surface area contributed by atoms with Crippen LogP contribution in [0, 0.1) is 0 Å². The number of hydrogen-bond acceptors (Lipinski definition) is 10. The van der Waals surface area contributed by atoms with Crippen LogP contribution < -0.4 is 21.3 Å². The summed E-state index contributed by atoms with van der Waals surface area (Å²) in [6.07, 6.45) is 0. The number of rotatable bonds is 15. The first-order valence-corrected chi connectivity index (χ1v) is 14.4. The van der Waals surface area contributed by atoms with Crippen LogP contribution in [0.5, 0.6) is 0 Å². The Morgan fingerprint density at radius 2 is 0.975 bits per heavy atom. The molecule has 2 aromatic rings. The number of hydrogen-bond donors (Lipinski definition) is 4. The Morgan fingerprint density at radius 3 is 1.30 bits per heavy atom. The number of benzene rings is 2. The first kappa shape index (κ1) is 32.2. The van der Waals surface area contributed by atoms with Gasteiger partial charge in [0.2, 0.25) is 11.8 Å². The van der Waals surface area contributed by atoms with Crippen LogP contribution in [0.15, 0.2) is 60.7 Å². The van der Waals surface area contributed by atoms with Crippen LogP contribution in [0.1, 0.15) is 20.7 Å². The average molecular weight is 591 g/mol. The van der Waals surface area contributed by atoms with Crippen molar-refractivity contribution in [2.24, 2.45) is 0 Å². The number of ether oxygens (including phenoxy) is 2. The molecule has 0 bridgehead atoms. The molecule has 0 spiro atoms. The van der Waals surface area contributed by atoms with E-state index >= 15 is 0 Å². The molecule has 4 N–H and O–H groups in total. The van der Waals surface area contributed by atoms with Crippen LogP contribution >= 0.6 is 21.6 Å². The summed E-state index contributed by atoms with van der Waals surface area (Å²) in [7, 11) is 4.70. The highest BCUT2D eigenvalue weighted by molar-refractivity contribution is 8.76. The van der Waals surface area contributed by atoms with Gasteiger partial charge in [-0.2, -0.15) is 0 Å². The third-order valence-corrected chi connectivity index (χ3v) is 7.56. The molecular formula is C26H30N4O8S2. The fourth-order valence-electron chi connectivity index (χ4n) is 2.97. The molecule has 0 radical (unpaired) electrons. The Kier molecular flexibility index (Phi) is 14.1. The molecule has 4 amide bonds. The minimum absolute atomic E-state index is 0.0688. The van der Waals surface area contributed by atoms with Gasteiger partial charge in [-0.1, -0.05) is 58.0 Å². The van der Waals surface area contributed by atoms with Crippen molar-refractivity contribution in [3.8, 4) is 0 Å². The summed E-state index contributed by atoms with van der Waals surface area (Å²) in [6.45, 7) is -0.752. The Hall–Kier alpha value is -4.04. The van der Waals surface area contributed by atoms with E-state index in [0.717, 1.165) is 0 Å². The van der Waals surface area contributed by atoms with Gasteiger partial charge in [0.1, 0.15) is 25.2 Å². The smallest absolute Gasteiger partial charge is 0.325 e. The largest absolute Gasteiger partial charge is 0.468 e. The van der Waals surface area contributed by atoms with Gasteiger partial charge in [-0.15, -0.1) is 0 Å². The molecule has 0 unspecified atom stereocenters. The van der Waals surface area contributed by atoms with Crippen molar-refractivity contribution in [1.29, 1.82) is 0 Å². The van der Waals surface area contributed by atoms with Gasteiger partial charge >= 0.3 is 11.9 Å². The second-order valence-electron chi connectivity index (χ2n) is 7.94. The van der Waals surface area contributed by atoms with Crippen LogP contribution in [0.25, 0.3) is 0 Å². The molecule has 2 aromatic carbocycles. The SMILES string of the molecule is COC(=O)CNC(=O)[C@H](CSSC[C@@H](NC(=O)c1ccccc1)C(=O)NCC(=O)OC)NC(=O)c1ccccc1. The summed E-state index contributed by atoms with van der Waals surface area (Å²) in [5, 5.41) is 10.1. The van der Waals surface area contributed by atoms with E-state index in [0.29, 0.717) is 11.1 Å². The predicted octanol–water partition coefficient (Wildman–Crippen LogP) is 0.543. The number of carbonyl (C=O) groups excluding carboxylic acids is 6. The van der Waals surface area contributed by atoms with E-state index in [2.05, 4.69) is 30.7 Å². The van der Waals surface area contributed by atoms with Crippen LogP contribution in [0.4, 0.5) is 0 Å². The lowest BCUT2D eigenvalue weighted by Crippen LogP contribution is -2.50. The molecule has 2 rings (SSSR count). The molecule has 214 valence electrons. The van der Waals surface area contributed by atoms with Gasteiger partial charge in [0.25, 0.3) is 11.8 Å². The number of methoxy groups -OCH3 is 2. The monoisotopic (exact) mass is 590 g/mol. The van der Waals surface area contributed by atoms with E-state index in [4.69, 9.17) is 0 Å². The minimum atomic E-state index is -1.03. The zero-order valence-corrected chi connectivity index (χ0v) is 23.5. The van der Waals surface area contributed by atoms with Gasteiger partial charge in [-0.25, -0.2) is 0 Å². The standard InChI is InChI=1S/C26H30N4O8S2/c1-37-21(31)13-27-25(35)19(29-23(33)17-9-5-3-6-10-17)15-39-40-16-20(26(36)28-14-22(32)38-2)30-24(34)18-11-7-4-8-12-18/h3-12,19-20H,13-16H2,1-2H3,(H,27,35)(H,28,36)(H,29,33)(H,30,34)/t19-,20+. The second-order valence-corrected chi connectivity index (χ2v) is 10.5. The summed E-state index contributed by atoms with van der Waals surface area (Å²) >= 11 is 0. The molecule has 12 nitrogen and oxygen atoms in total. The molecule has 0 saturated heterocycles. The van der Waals surface area contributed by atoms with Crippen LogP contribution in [-0.2, 0) is 28.7 Å². The Labute approximate surface area is 239 Å². The molecule has 2 atom stereocenters. The number of nitrogens with one attached hydrogen (secondary N) is 4. The van der Waals surface area contributed by atoms with Crippen molar-refractivity contribution >= 4 is 57.2 Å². The van der Waals surface area contributed by atoms with Crippen molar-refractivity contribution in [3.63, 3.8) is 0 Å². The highest BCUT2D eigenvalue weighted by Crippen LogP contribution is 2.23. The topological polar surface area (TPSA) is 169 Å². The third kappa shape index (κ3) is 11.4. The fourth-order valence-corrected chi connectivity index (χ4v) is 5.30. The molecule has 0 aliphatic heterocycles. The lowest BCUT2D eigenvalue weighted by molar-refractivity contribution is -0.141. The number of esters is 2. The zero-order valence-electron chi connectivity index (χ0n) is 21.8. The first-order chi connectivity index (χ1) is 19.2. The Balaban J connectivity index is 2.03. The molecule has 40 heavy (non-hydrogen) atoms. The van der Waals surface area contributed by atoms with Crippen molar-refractivity contribution in [3.05, 3.63) is 71.8 Å². The van der Waals surface area contributed by atoms with Gasteiger partial charge < -0.3 is 30.7 Å². The molecule has 0 heterocycles. The predicted molar refractivity (Wildman–Crippen MR) is 150 cm³/mol. The van der Waals surface area contributed by atoms with Crippen LogP contribution in [-0.4, -0.2) is 86.5 Å². The van der Waals surface area contributed by atoms with Crippen LogP contribution in [0.2, 0.25) is 0 Å². The van der Waals surface area contributed by atoms with E-state index < -0.39 is 47.7 Å². The molecule has 0 aromatic heterocycles. The Morgan fingerprint density at radius 1 is 0.625 bits per heavy atom. The number of amides is 4. The number of carbonyl (C=O) groups is 6. The van der Waals surface area contributed by atoms with Crippen molar-refractivity contribution in [2.45, 2.75) is 12.1 Å². The first-order valence-electron chi connectivity index (χ1n) is 11.9. The summed E-state index contributed by atoms with van der Waals surface area (Å²) in [4.78, 5) is 73.7. The molecule has 14 heteroatoms.